The molecule has 1 fully saturated rings. The molecule has 1 saturated carbocycles. The van der Waals surface area contributed by atoms with E-state index in [4.69, 9.17) is 5.73 Å². The van der Waals surface area contributed by atoms with Crippen molar-refractivity contribution in [1.29, 1.82) is 0 Å². The van der Waals surface area contributed by atoms with Gasteiger partial charge in [-0.2, -0.15) is 0 Å². The normalized spacial score (nSPS) is 16.1. The number of aliphatic hydroxyl groups excluding tert-OH is 1. The molecule has 1 aromatic rings. The molecule has 1 aliphatic rings. The van der Waals surface area contributed by atoms with Gasteiger partial charge < -0.3 is 41.9 Å². The maximum Gasteiger partial charge on any atom is 0.243 e. The summed E-state index contributed by atoms with van der Waals surface area (Å²) in [4.78, 5) is 76.4. The van der Waals surface area contributed by atoms with E-state index in [2.05, 4.69) is 26.6 Å². The van der Waals surface area contributed by atoms with Crippen molar-refractivity contribution in [3.63, 3.8) is 0 Å². The highest BCUT2D eigenvalue weighted by atomic mass is 16.3. The van der Waals surface area contributed by atoms with Crippen molar-refractivity contribution < 1.29 is 38.4 Å². The Labute approximate surface area is 271 Å². The third kappa shape index (κ3) is 14.4. The van der Waals surface area contributed by atoms with E-state index < -0.39 is 72.3 Å². The minimum Gasteiger partial charge on any atom is -0.394 e. The van der Waals surface area contributed by atoms with Crippen molar-refractivity contribution in [2.45, 2.75) is 89.0 Å². The third-order valence-corrected chi connectivity index (χ3v) is 7.67. The largest absolute Gasteiger partial charge is 0.394 e. The molecule has 256 valence electrons. The minimum absolute atomic E-state index is 0.221. The molecule has 46 heavy (non-hydrogen) atoms. The number of carbonyl (C=O) groups is 6. The molecule has 14 heteroatoms. The van der Waals surface area contributed by atoms with E-state index >= 15 is 0 Å². The monoisotopic (exact) mass is 646 g/mol. The second-order valence-corrected chi connectivity index (χ2v) is 13.1. The molecule has 0 bridgehead atoms. The molecule has 1 aliphatic carbocycles. The molecular formula is C32H52N7O7+. The van der Waals surface area contributed by atoms with Crippen molar-refractivity contribution in [2.75, 3.05) is 34.3 Å². The number of nitrogens with one attached hydrogen (secondary N) is 5. The van der Waals surface area contributed by atoms with Gasteiger partial charge in [0.25, 0.3) is 0 Å². The van der Waals surface area contributed by atoms with Gasteiger partial charge in [-0.3, -0.25) is 28.8 Å². The van der Waals surface area contributed by atoms with E-state index in [1.54, 1.807) is 0 Å². The van der Waals surface area contributed by atoms with Crippen molar-refractivity contribution in [2.24, 2.45) is 11.7 Å². The molecule has 0 radical (unpaired) electrons. The highest BCUT2D eigenvalue weighted by molar-refractivity contribution is 5.96. The van der Waals surface area contributed by atoms with Crippen molar-refractivity contribution in [3.05, 3.63) is 35.9 Å². The molecule has 14 nitrogen and oxygen atoms in total. The Balaban J connectivity index is 2.11. The first kappa shape index (κ1) is 38.1. The molecule has 0 aromatic heterocycles. The van der Waals surface area contributed by atoms with Crippen LogP contribution in [-0.4, -0.2) is 110 Å². The second kappa shape index (κ2) is 18.2. The molecule has 0 unspecified atom stereocenters. The number of quaternary nitrogens is 1. The Kier molecular flexibility index (Phi) is 15.1. The number of rotatable bonds is 20. The number of hydrogen-bond donors (Lipinski definition) is 7. The zero-order valence-electron chi connectivity index (χ0n) is 27.6. The van der Waals surface area contributed by atoms with E-state index in [9.17, 15) is 33.9 Å². The van der Waals surface area contributed by atoms with Crippen LogP contribution in [0.2, 0.25) is 0 Å². The van der Waals surface area contributed by atoms with E-state index in [1.807, 2.05) is 51.5 Å². The predicted molar refractivity (Wildman–Crippen MR) is 172 cm³/mol. The standard InChI is InChI=1S/C32H51N7O7/c1-20(34-31(45)25(35-21(2)41)17-22-11-7-6-8-12-22)29(43)37-26(18-23-14-15-23)32(46)36-24(13-9-10-16-39(3,4)5)30(44)38-27(19-40)28(33)42/h6-8,11-12,20,23-27,40H,9-10,13-19H2,1-5H3,(H6-,33,34,35,36,37,38,41,42,43,44,45,46)/p+1/t20-,24-,25-,26-,27-/m0/s1. The van der Waals surface area contributed by atoms with Gasteiger partial charge in [-0.05, 0) is 44.1 Å². The van der Waals surface area contributed by atoms with Gasteiger partial charge >= 0.3 is 0 Å². The van der Waals surface area contributed by atoms with Crippen LogP contribution >= 0.6 is 0 Å². The van der Waals surface area contributed by atoms with E-state index in [0.717, 1.165) is 35.9 Å². The summed E-state index contributed by atoms with van der Waals surface area (Å²) in [5.41, 5.74) is 6.10. The van der Waals surface area contributed by atoms with Gasteiger partial charge in [-0.25, -0.2) is 0 Å². The number of carbonyl (C=O) groups excluding carboxylic acids is 6. The molecule has 6 amide bonds. The molecule has 0 aliphatic heterocycles. The molecule has 8 N–H and O–H groups in total. The SMILES string of the molecule is CC(=O)N[C@@H](Cc1ccccc1)C(=O)N[C@@H](C)C(=O)N[C@@H](CC1CC1)C(=O)N[C@@H](CCCC[N+](C)(C)C)C(=O)N[C@@H](CO)C(N)=O. The lowest BCUT2D eigenvalue weighted by atomic mass is 10.0. The van der Waals surface area contributed by atoms with Crippen LogP contribution in [0.5, 0.6) is 0 Å². The average molecular weight is 647 g/mol. The van der Waals surface area contributed by atoms with E-state index in [0.29, 0.717) is 12.8 Å². The van der Waals surface area contributed by atoms with Gasteiger partial charge in [0.05, 0.1) is 34.3 Å². The number of primary amides is 1. The topological polar surface area (TPSA) is 209 Å². The number of hydrogen-bond acceptors (Lipinski definition) is 7. The Morgan fingerprint density at radius 1 is 0.804 bits per heavy atom. The Morgan fingerprint density at radius 3 is 1.91 bits per heavy atom. The van der Waals surface area contributed by atoms with Crippen LogP contribution in [0.3, 0.4) is 0 Å². The lowest BCUT2D eigenvalue weighted by molar-refractivity contribution is -0.870. The molecule has 1 aromatic carbocycles. The average Bonchev–Trinajstić information content (AvgIpc) is 3.80. The van der Waals surface area contributed by atoms with Crippen molar-refractivity contribution >= 4 is 35.4 Å². The van der Waals surface area contributed by atoms with Gasteiger partial charge in [-0.15, -0.1) is 0 Å². The molecule has 0 spiro atoms. The van der Waals surface area contributed by atoms with Crippen LogP contribution in [0.1, 0.15) is 57.9 Å². The van der Waals surface area contributed by atoms with Crippen LogP contribution in [-0.2, 0) is 35.2 Å². The van der Waals surface area contributed by atoms with Crippen molar-refractivity contribution in [1.82, 2.24) is 26.6 Å². The maximum absolute atomic E-state index is 13.5. The van der Waals surface area contributed by atoms with Gasteiger partial charge in [0.15, 0.2) is 0 Å². The van der Waals surface area contributed by atoms with Crippen LogP contribution in [0.4, 0.5) is 0 Å². The first-order valence-corrected chi connectivity index (χ1v) is 15.8. The number of amides is 6. The first-order valence-electron chi connectivity index (χ1n) is 15.8. The molecule has 0 heterocycles. The number of aliphatic hydroxyl groups is 1. The predicted octanol–water partition coefficient (Wildman–Crippen LogP) is -1.15. The Bertz CT molecular complexity index is 1200. The summed E-state index contributed by atoms with van der Waals surface area (Å²) in [6.07, 6.45) is 3.98. The minimum atomic E-state index is -1.31. The zero-order chi connectivity index (χ0) is 34.4. The fraction of sp³-hybridized carbons (Fsp3) is 0.625. The maximum atomic E-state index is 13.5. The van der Waals surface area contributed by atoms with E-state index in [-0.39, 0.29) is 18.8 Å². The lowest BCUT2D eigenvalue weighted by Gasteiger charge is -2.27. The number of nitrogens with zero attached hydrogens (tertiary/aromatic N) is 1. The fourth-order valence-electron chi connectivity index (χ4n) is 4.85. The van der Waals surface area contributed by atoms with Gasteiger partial charge in [-0.1, -0.05) is 43.2 Å². The summed E-state index contributed by atoms with van der Waals surface area (Å²) in [5.74, 6) is -3.49. The summed E-state index contributed by atoms with van der Waals surface area (Å²) in [6, 6.07) is 3.84. The number of benzene rings is 1. The molecule has 5 atom stereocenters. The van der Waals surface area contributed by atoms with Crippen LogP contribution in [0, 0.1) is 5.92 Å². The summed E-state index contributed by atoms with van der Waals surface area (Å²) in [7, 11) is 6.13. The third-order valence-electron chi connectivity index (χ3n) is 7.67. The summed E-state index contributed by atoms with van der Waals surface area (Å²) >= 11 is 0. The Morgan fingerprint density at radius 2 is 1.37 bits per heavy atom. The quantitative estimate of drug-likeness (QED) is 0.0683. The number of unbranched alkanes of at least 4 members (excludes halogenated alkanes) is 1. The molecule has 2 rings (SSSR count). The van der Waals surface area contributed by atoms with Crippen LogP contribution in [0.25, 0.3) is 0 Å². The summed E-state index contributed by atoms with van der Waals surface area (Å²) in [5, 5.41) is 22.6. The Hall–Kier alpha value is -4.04. The highest BCUT2D eigenvalue weighted by Gasteiger charge is 2.34. The van der Waals surface area contributed by atoms with Gasteiger partial charge in [0, 0.05) is 13.3 Å². The van der Waals surface area contributed by atoms with Gasteiger partial charge in [0.1, 0.15) is 30.2 Å². The molecule has 0 saturated heterocycles. The smallest absolute Gasteiger partial charge is 0.243 e. The second-order valence-electron chi connectivity index (χ2n) is 13.1. The van der Waals surface area contributed by atoms with E-state index in [1.165, 1.54) is 13.8 Å². The lowest BCUT2D eigenvalue weighted by Crippen LogP contribution is -2.59. The first-order chi connectivity index (χ1) is 21.6. The van der Waals surface area contributed by atoms with Crippen LogP contribution in [0.15, 0.2) is 30.3 Å². The fourth-order valence-corrected chi connectivity index (χ4v) is 4.85. The van der Waals surface area contributed by atoms with Gasteiger partial charge in [0.2, 0.25) is 35.4 Å². The van der Waals surface area contributed by atoms with Crippen LogP contribution < -0.4 is 32.3 Å². The highest BCUT2D eigenvalue weighted by Crippen LogP contribution is 2.33. The zero-order valence-corrected chi connectivity index (χ0v) is 27.6. The van der Waals surface area contributed by atoms with Crippen molar-refractivity contribution in [3.8, 4) is 0 Å². The molecular weight excluding hydrogens is 594 g/mol. The summed E-state index contributed by atoms with van der Waals surface area (Å²) in [6.45, 7) is 2.93. The summed E-state index contributed by atoms with van der Waals surface area (Å²) < 4.78 is 0.722. The number of nitrogens with two attached hydrogens (primary N) is 1.